The summed E-state index contributed by atoms with van der Waals surface area (Å²) in [6.07, 6.45) is 6.43. The summed E-state index contributed by atoms with van der Waals surface area (Å²) < 4.78 is 0. The van der Waals surface area contributed by atoms with Crippen LogP contribution in [0.3, 0.4) is 0 Å². The van der Waals surface area contributed by atoms with E-state index in [1.165, 1.54) is 23.8 Å². The van der Waals surface area contributed by atoms with Gasteiger partial charge in [0, 0.05) is 23.5 Å². The molecular formula is C16H25NO2S. The van der Waals surface area contributed by atoms with Crippen molar-refractivity contribution >= 4 is 23.4 Å². The monoisotopic (exact) mass is 295 g/mol. The molecule has 0 aliphatic carbocycles. The fourth-order valence-electron chi connectivity index (χ4n) is 2.01. The van der Waals surface area contributed by atoms with Crippen LogP contribution in [0.25, 0.3) is 6.08 Å². The molecule has 1 aromatic heterocycles. The third-order valence-corrected chi connectivity index (χ3v) is 4.40. The summed E-state index contributed by atoms with van der Waals surface area (Å²) in [7, 11) is 0. The predicted molar refractivity (Wildman–Crippen MR) is 86.1 cm³/mol. The predicted octanol–water partition coefficient (Wildman–Crippen LogP) is 4.25. The topological polar surface area (TPSA) is 40.5 Å². The summed E-state index contributed by atoms with van der Waals surface area (Å²) in [6, 6.07) is 2.67. The van der Waals surface area contributed by atoms with Gasteiger partial charge in [-0.05, 0) is 49.4 Å². The fourth-order valence-corrected chi connectivity index (χ4v) is 2.89. The van der Waals surface area contributed by atoms with Gasteiger partial charge in [0.1, 0.15) is 0 Å². The molecule has 0 saturated carbocycles. The SMILES string of the molecule is CCCCN(Cc1cc(C=CC(=O)O)cs1)C(C)CC. The van der Waals surface area contributed by atoms with Crippen LogP contribution in [0.4, 0.5) is 0 Å². The van der Waals surface area contributed by atoms with Crippen molar-refractivity contribution in [3.05, 3.63) is 28.0 Å². The van der Waals surface area contributed by atoms with E-state index in [0.717, 1.165) is 25.1 Å². The van der Waals surface area contributed by atoms with Crippen LogP contribution < -0.4 is 0 Å². The molecule has 0 aliphatic rings. The number of unbranched alkanes of at least 4 members (excludes halogenated alkanes) is 1. The Morgan fingerprint density at radius 3 is 2.85 bits per heavy atom. The third kappa shape index (κ3) is 5.88. The van der Waals surface area contributed by atoms with Crippen LogP contribution in [-0.4, -0.2) is 28.6 Å². The van der Waals surface area contributed by atoms with Gasteiger partial charge in [-0.2, -0.15) is 0 Å². The third-order valence-electron chi connectivity index (χ3n) is 3.46. The number of thiophene rings is 1. The summed E-state index contributed by atoms with van der Waals surface area (Å²) in [5.74, 6) is -0.901. The van der Waals surface area contributed by atoms with Crippen LogP contribution in [0.5, 0.6) is 0 Å². The number of carboxylic acids is 1. The van der Waals surface area contributed by atoms with Gasteiger partial charge in [-0.15, -0.1) is 11.3 Å². The molecule has 1 atom stereocenters. The molecule has 0 aromatic carbocycles. The number of carbonyl (C=O) groups is 1. The zero-order valence-electron chi connectivity index (χ0n) is 12.6. The molecule has 1 aromatic rings. The maximum absolute atomic E-state index is 10.5. The molecule has 0 fully saturated rings. The minimum atomic E-state index is -0.901. The molecule has 1 unspecified atom stereocenters. The smallest absolute Gasteiger partial charge is 0.328 e. The molecule has 0 saturated heterocycles. The van der Waals surface area contributed by atoms with Crippen molar-refractivity contribution in [2.45, 2.75) is 52.6 Å². The van der Waals surface area contributed by atoms with Crippen LogP contribution in [0.15, 0.2) is 17.5 Å². The molecule has 4 heteroatoms. The van der Waals surface area contributed by atoms with Crippen LogP contribution in [-0.2, 0) is 11.3 Å². The summed E-state index contributed by atoms with van der Waals surface area (Å²) >= 11 is 1.71. The van der Waals surface area contributed by atoms with E-state index in [2.05, 4.69) is 31.7 Å². The van der Waals surface area contributed by atoms with Crippen LogP contribution in [0, 0.1) is 0 Å². The van der Waals surface area contributed by atoms with Crippen molar-refractivity contribution in [2.75, 3.05) is 6.54 Å². The van der Waals surface area contributed by atoms with Gasteiger partial charge in [-0.3, -0.25) is 4.90 Å². The highest BCUT2D eigenvalue weighted by molar-refractivity contribution is 7.10. The van der Waals surface area contributed by atoms with E-state index < -0.39 is 5.97 Å². The van der Waals surface area contributed by atoms with Crippen molar-refractivity contribution in [2.24, 2.45) is 0 Å². The Morgan fingerprint density at radius 1 is 1.50 bits per heavy atom. The van der Waals surface area contributed by atoms with Crippen LogP contribution >= 0.6 is 11.3 Å². The zero-order valence-corrected chi connectivity index (χ0v) is 13.4. The van der Waals surface area contributed by atoms with E-state index in [4.69, 9.17) is 5.11 Å². The Bertz CT molecular complexity index is 439. The Hall–Kier alpha value is -1.13. The van der Waals surface area contributed by atoms with Crippen molar-refractivity contribution in [3.63, 3.8) is 0 Å². The number of aliphatic carboxylic acids is 1. The van der Waals surface area contributed by atoms with Crippen molar-refractivity contribution < 1.29 is 9.90 Å². The second-order valence-electron chi connectivity index (χ2n) is 5.10. The molecule has 0 amide bonds. The maximum Gasteiger partial charge on any atom is 0.328 e. The van der Waals surface area contributed by atoms with Gasteiger partial charge in [0.25, 0.3) is 0 Å². The maximum atomic E-state index is 10.5. The van der Waals surface area contributed by atoms with Gasteiger partial charge in [0.2, 0.25) is 0 Å². The second-order valence-corrected chi connectivity index (χ2v) is 6.10. The van der Waals surface area contributed by atoms with Crippen molar-refractivity contribution in [1.29, 1.82) is 0 Å². The van der Waals surface area contributed by atoms with E-state index >= 15 is 0 Å². The number of carboxylic acid groups (broad SMARTS) is 1. The van der Waals surface area contributed by atoms with Gasteiger partial charge in [-0.25, -0.2) is 4.79 Å². The van der Waals surface area contributed by atoms with E-state index in [0.29, 0.717) is 6.04 Å². The van der Waals surface area contributed by atoms with Crippen LogP contribution in [0.1, 0.15) is 50.5 Å². The Labute approximate surface area is 125 Å². The largest absolute Gasteiger partial charge is 0.478 e. The number of hydrogen-bond donors (Lipinski definition) is 1. The lowest BCUT2D eigenvalue weighted by Gasteiger charge is -2.27. The first-order chi connectivity index (χ1) is 9.56. The van der Waals surface area contributed by atoms with Crippen molar-refractivity contribution in [3.8, 4) is 0 Å². The van der Waals surface area contributed by atoms with Crippen molar-refractivity contribution in [1.82, 2.24) is 4.90 Å². The molecule has 1 rings (SSSR count). The highest BCUT2D eigenvalue weighted by atomic mass is 32.1. The minimum Gasteiger partial charge on any atom is -0.478 e. The number of nitrogens with zero attached hydrogens (tertiary/aromatic N) is 1. The average Bonchev–Trinajstić information content (AvgIpc) is 2.88. The lowest BCUT2D eigenvalue weighted by molar-refractivity contribution is -0.131. The molecule has 112 valence electrons. The van der Waals surface area contributed by atoms with Gasteiger partial charge in [-0.1, -0.05) is 20.3 Å². The summed E-state index contributed by atoms with van der Waals surface area (Å²) in [6.45, 7) is 8.80. The average molecular weight is 295 g/mol. The number of hydrogen-bond acceptors (Lipinski definition) is 3. The molecule has 3 nitrogen and oxygen atoms in total. The summed E-state index contributed by atoms with van der Waals surface area (Å²) in [4.78, 5) is 14.3. The molecule has 1 N–H and O–H groups in total. The van der Waals surface area contributed by atoms with E-state index in [9.17, 15) is 4.79 Å². The van der Waals surface area contributed by atoms with E-state index in [1.807, 2.05) is 5.38 Å². The summed E-state index contributed by atoms with van der Waals surface area (Å²) in [5, 5.41) is 10.7. The quantitative estimate of drug-likeness (QED) is 0.692. The van der Waals surface area contributed by atoms with Gasteiger partial charge >= 0.3 is 5.97 Å². The van der Waals surface area contributed by atoms with Gasteiger partial charge in [0.05, 0.1) is 0 Å². The lowest BCUT2D eigenvalue weighted by Crippen LogP contribution is -2.32. The van der Waals surface area contributed by atoms with Gasteiger partial charge < -0.3 is 5.11 Å². The molecule has 0 radical (unpaired) electrons. The molecule has 0 aliphatic heterocycles. The standard InChI is InChI=1S/C16H25NO2S/c1-4-6-9-17(13(3)5-2)11-15-10-14(12-20-15)7-8-16(18)19/h7-8,10,12-13H,4-6,9,11H2,1-3H3,(H,18,19). The Balaban J connectivity index is 2.66. The first kappa shape index (κ1) is 16.9. The molecule has 0 bridgehead atoms. The second kappa shape index (κ2) is 8.93. The lowest BCUT2D eigenvalue weighted by atomic mass is 10.2. The molecule has 1 heterocycles. The highest BCUT2D eigenvalue weighted by Crippen LogP contribution is 2.20. The molecular weight excluding hydrogens is 270 g/mol. The normalized spacial score (nSPS) is 13.2. The fraction of sp³-hybridized carbons (Fsp3) is 0.562. The summed E-state index contributed by atoms with van der Waals surface area (Å²) in [5.41, 5.74) is 0.979. The van der Waals surface area contributed by atoms with E-state index in [-0.39, 0.29) is 0 Å². The minimum absolute atomic E-state index is 0.585. The number of rotatable bonds is 9. The van der Waals surface area contributed by atoms with Gasteiger partial charge in [0.15, 0.2) is 0 Å². The Morgan fingerprint density at radius 2 is 2.25 bits per heavy atom. The first-order valence-electron chi connectivity index (χ1n) is 7.29. The highest BCUT2D eigenvalue weighted by Gasteiger charge is 2.13. The Kier molecular flexibility index (Phi) is 7.55. The van der Waals surface area contributed by atoms with E-state index in [1.54, 1.807) is 17.4 Å². The molecule has 20 heavy (non-hydrogen) atoms. The molecule has 0 spiro atoms. The first-order valence-corrected chi connectivity index (χ1v) is 8.17. The van der Waals surface area contributed by atoms with Crippen LogP contribution in [0.2, 0.25) is 0 Å². The zero-order chi connectivity index (χ0) is 15.0.